The van der Waals surface area contributed by atoms with E-state index in [2.05, 4.69) is 43.3 Å². The van der Waals surface area contributed by atoms with Gasteiger partial charge in [-0.15, -0.1) is 11.3 Å². The molecule has 1 aromatic heterocycles. The van der Waals surface area contributed by atoms with Crippen molar-refractivity contribution >= 4 is 33.2 Å². The lowest BCUT2D eigenvalue weighted by Gasteiger charge is -2.23. The molecule has 2 heterocycles. The van der Waals surface area contributed by atoms with E-state index in [4.69, 9.17) is 0 Å². The number of rotatable bonds is 6. The highest BCUT2D eigenvalue weighted by Crippen LogP contribution is 2.27. The molecule has 2 N–H and O–H groups in total. The number of hydrogen-bond donors (Lipinski definition) is 2. The van der Waals surface area contributed by atoms with Crippen molar-refractivity contribution in [1.82, 2.24) is 15.2 Å². The molecule has 1 fully saturated rings. The summed E-state index contributed by atoms with van der Waals surface area (Å²) in [4.78, 5) is 20.4. The number of aliphatic hydroxyl groups excluding tert-OH is 1. The van der Waals surface area contributed by atoms with E-state index in [1.54, 1.807) is 11.3 Å². The first-order valence-electron chi connectivity index (χ1n) is 9.93. The number of carbonyl (C=O) groups excluding carboxylic acids is 1. The van der Waals surface area contributed by atoms with E-state index in [0.717, 1.165) is 26.9 Å². The van der Waals surface area contributed by atoms with Crippen LogP contribution in [-0.2, 0) is 17.9 Å². The van der Waals surface area contributed by atoms with Crippen molar-refractivity contribution in [2.24, 2.45) is 0 Å². The van der Waals surface area contributed by atoms with Crippen LogP contribution in [0.25, 0.3) is 10.4 Å². The van der Waals surface area contributed by atoms with Gasteiger partial charge in [0.15, 0.2) is 0 Å². The van der Waals surface area contributed by atoms with Crippen LogP contribution in [0.5, 0.6) is 0 Å². The summed E-state index contributed by atoms with van der Waals surface area (Å²) in [5.41, 5.74) is 6.20. The average molecular weight is 486 g/mol. The molecular formula is C23H24BrN3O2S. The van der Waals surface area contributed by atoms with Gasteiger partial charge in [-0.1, -0.05) is 52.3 Å². The molecule has 0 bridgehead atoms. The second-order valence-electron chi connectivity index (χ2n) is 7.65. The zero-order chi connectivity index (χ0) is 21.1. The molecule has 1 saturated heterocycles. The van der Waals surface area contributed by atoms with E-state index in [1.807, 2.05) is 48.8 Å². The zero-order valence-corrected chi connectivity index (χ0v) is 19.1. The highest BCUT2D eigenvalue weighted by molar-refractivity contribution is 9.10. The van der Waals surface area contributed by atoms with Gasteiger partial charge in [0, 0.05) is 24.1 Å². The molecule has 5 nitrogen and oxygen atoms in total. The average Bonchev–Trinajstić information content (AvgIpc) is 3.32. The Hall–Kier alpha value is -2.06. The van der Waals surface area contributed by atoms with E-state index in [-0.39, 0.29) is 11.9 Å². The molecule has 0 radical (unpaired) electrons. The molecule has 0 aliphatic carbocycles. The summed E-state index contributed by atoms with van der Waals surface area (Å²) in [7, 11) is 0. The Morgan fingerprint density at radius 3 is 2.77 bits per heavy atom. The number of benzene rings is 2. The minimum Gasteiger partial charge on any atom is -0.392 e. The molecule has 0 spiro atoms. The van der Waals surface area contributed by atoms with Crippen molar-refractivity contribution in [2.75, 3.05) is 6.54 Å². The minimum absolute atomic E-state index is 0.0380. The van der Waals surface area contributed by atoms with Crippen molar-refractivity contribution in [3.63, 3.8) is 0 Å². The van der Waals surface area contributed by atoms with Gasteiger partial charge in [-0.05, 0) is 42.2 Å². The standard InChI is InChI=1S/C23H24BrN3O2S/c1-15-22(30-14-26-15)18-7-5-16(6-8-18)11-25-23(29)21-10-20(28)13-27(21)12-17-3-2-4-19(24)9-17/h2-9,14,20-21,28H,10-13H2,1H3,(H,25,29). The lowest BCUT2D eigenvalue weighted by Crippen LogP contribution is -2.42. The summed E-state index contributed by atoms with van der Waals surface area (Å²) in [6.07, 6.45) is -0.0153. The van der Waals surface area contributed by atoms with Crippen molar-refractivity contribution < 1.29 is 9.90 Å². The van der Waals surface area contributed by atoms with Crippen LogP contribution in [0, 0.1) is 6.92 Å². The Morgan fingerprint density at radius 2 is 2.07 bits per heavy atom. The molecule has 1 aliphatic rings. The molecular weight excluding hydrogens is 462 g/mol. The normalized spacial score (nSPS) is 19.2. The topological polar surface area (TPSA) is 65.5 Å². The molecule has 2 atom stereocenters. The molecule has 0 saturated carbocycles. The number of aliphatic hydroxyl groups is 1. The summed E-state index contributed by atoms with van der Waals surface area (Å²) in [5, 5.41) is 13.2. The maximum Gasteiger partial charge on any atom is 0.237 e. The molecule has 1 amide bonds. The number of amides is 1. The molecule has 1 aliphatic heterocycles. The fourth-order valence-corrected chi connectivity index (χ4v) is 5.11. The van der Waals surface area contributed by atoms with Gasteiger partial charge in [-0.25, -0.2) is 4.98 Å². The fraction of sp³-hybridized carbons (Fsp3) is 0.304. The van der Waals surface area contributed by atoms with Crippen LogP contribution in [0.15, 0.2) is 58.5 Å². The van der Waals surface area contributed by atoms with Crippen LogP contribution in [0.3, 0.4) is 0 Å². The summed E-state index contributed by atoms with van der Waals surface area (Å²) in [5.74, 6) is -0.0380. The maximum atomic E-state index is 12.9. The van der Waals surface area contributed by atoms with E-state index in [0.29, 0.717) is 26.1 Å². The summed E-state index contributed by atoms with van der Waals surface area (Å²) < 4.78 is 1.01. The van der Waals surface area contributed by atoms with E-state index in [9.17, 15) is 9.90 Å². The SMILES string of the molecule is Cc1ncsc1-c1ccc(CNC(=O)C2CC(O)CN2Cc2cccc(Br)c2)cc1. The smallest absolute Gasteiger partial charge is 0.237 e. The number of likely N-dealkylation sites (tertiary alicyclic amines) is 1. The van der Waals surface area contributed by atoms with Crippen LogP contribution in [0.1, 0.15) is 23.2 Å². The van der Waals surface area contributed by atoms with Crippen LogP contribution < -0.4 is 5.32 Å². The number of nitrogens with one attached hydrogen (secondary N) is 1. The Balaban J connectivity index is 1.37. The first-order chi connectivity index (χ1) is 14.5. The number of carbonyl (C=O) groups is 1. The van der Waals surface area contributed by atoms with Crippen LogP contribution in [0.2, 0.25) is 0 Å². The zero-order valence-electron chi connectivity index (χ0n) is 16.7. The molecule has 2 unspecified atom stereocenters. The first kappa shape index (κ1) is 21.2. The van der Waals surface area contributed by atoms with E-state index in [1.165, 1.54) is 4.88 Å². The molecule has 7 heteroatoms. The Morgan fingerprint density at radius 1 is 1.27 bits per heavy atom. The second-order valence-corrected chi connectivity index (χ2v) is 9.42. The third-order valence-electron chi connectivity index (χ3n) is 5.39. The summed E-state index contributed by atoms with van der Waals surface area (Å²) >= 11 is 5.12. The second kappa shape index (κ2) is 9.39. The van der Waals surface area contributed by atoms with Crippen LogP contribution >= 0.6 is 27.3 Å². The summed E-state index contributed by atoms with van der Waals surface area (Å²) in [6.45, 7) is 3.62. The number of halogens is 1. The monoisotopic (exact) mass is 485 g/mol. The van der Waals surface area contributed by atoms with Gasteiger partial charge in [0.05, 0.1) is 28.2 Å². The number of β-amino-alcohol motifs (C(OH)–C–C–N with tert-alkyl or cyclic N) is 1. The molecule has 2 aromatic carbocycles. The largest absolute Gasteiger partial charge is 0.392 e. The van der Waals surface area contributed by atoms with E-state index >= 15 is 0 Å². The van der Waals surface area contributed by atoms with Crippen LogP contribution in [0.4, 0.5) is 0 Å². The molecule has 4 rings (SSSR count). The Kier molecular flexibility index (Phi) is 6.63. The van der Waals surface area contributed by atoms with Gasteiger partial charge in [0.2, 0.25) is 5.91 Å². The number of thiazole rings is 1. The predicted octanol–water partition coefficient (Wildman–Crippen LogP) is 4.13. The number of aromatic nitrogens is 1. The van der Waals surface area contributed by atoms with Gasteiger partial charge in [0.1, 0.15) is 0 Å². The molecule has 3 aromatic rings. The molecule has 156 valence electrons. The lowest BCUT2D eigenvalue weighted by atomic mass is 10.1. The number of nitrogens with zero attached hydrogens (tertiary/aromatic N) is 2. The summed E-state index contributed by atoms with van der Waals surface area (Å²) in [6, 6.07) is 15.9. The van der Waals surface area contributed by atoms with Gasteiger partial charge in [-0.2, -0.15) is 0 Å². The quantitative estimate of drug-likeness (QED) is 0.550. The number of aryl methyl sites for hydroxylation is 1. The van der Waals surface area contributed by atoms with Gasteiger partial charge < -0.3 is 10.4 Å². The highest BCUT2D eigenvalue weighted by Gasteiger charge is 2.35. The minimum atomic E-state index is -0.477. The molecule has 30 heavy (non-hydrogen) atoms. The number of hydrogen-bond acceptors (Lipinski definition) is 5. The predicted molar refractivity (Wildman–Crippen MR) is 123 cm³/mol. The van der Waals surface area contributed by atoms with Crippen molar-refractivity contribution in [3.05, 3.63) is 75.3 Å². The van der Waals surface area contributed by atoms with E-state index < -0.39 is 6.10 Å². The maximum absolute atomic E-state index is 12.9. The Bertz CT molecular complexity index is 1020. The van der Waals surface area contributed by atoms with Gasteiger partial charge in [-0.3, -0.25) is 9.69 Å². The third kappa shape index (κ3) is 4.98. The first-order valence-corrected chi connectivity index (χ1v) is 11.6. The fourth-order valence-electron chi connectivity index (χ4n) is 3.86. The van der Waals surface area contributed by atoms with Gasteiger partial charge in [0.25, 0.3) is 0 Å². The van der Waals surface area contributed by atoms with Crippen molar-refractivity contribution in [2.45, 2.75) is 38.6 Å². The van der Waals surface area contributed by atoms with Crippen molar-refractivity contribution in [3.8, 4) is 10.4 Å². The Labute approximate surface area is 188 Å². The lowest BCUT2D eigenvalue weighted by molar-refractivity contribution is -0.125. The highest BCUT2D eigenvalue weighted by atomic mass is 79.9. The van der Waals surface area contributed by atoms with Crippen molar-refractivity contribution in [1.29, 1.82) is 0 Å². The van der Waals surface area contributed by atoms with Crippen LogP contribution in [-0.4, -0.2) is 39.6 Å². The van der Waals surface area contributed by atoms with Gasteiger partial charge >= 0.3 is 0 Å². The third-order valence-corrected chi connectivity index (χ3v) is 6.86.